The van der Waals surface area contributed by atoms with Gasteiger partial charge < -0.3 is 0 Å². The van der Waals surface area contributed by atoms with Gasteiger partial charge >= 0.3 is 148 Å². The Labute approximate surface area is 201 Å². The molecule has 4 rings (SSSR count). The van der Waals surface area contributed by atoms with E-state index < -0.39 is 35.3 Å². The third kappa shape index (κ3) is 5.66. The third-order valence-corrected chi connectivity index (χ3v) is 5.70. The minimum absolute atomic E-state index is 0.0761. The molecule has 2 radical (unpaired) electrons. The number of halogens is 3. The number of fused-ring (bicyclic) bond motifs is 1. The molecule has 2 heterocycles. The summed E-state index contributed by atoms with van der Waals surface area (Å²) < 4.78 is 41.3. The van der Waals surface area contributed by atoms with Crippen LogP contribution in [0.4, 0.5) is 13.2 Å². The van der Waals surface area contributed by atoms with Crippen LogP contribution in [-0.4, -0.2) is 44.7 Å². The maximum atomic E-state index is 13.7. The first-order chi connectivity index (χ1) is 16.3. The Morgan fingerprint density at radius 2 is 1.76 bits per heavy atom. The predicted molar refractivity (Wildman–Crippen MR) is 121 cm³/mol. The molecule has 0 aliphatic rings. The molecule has 4 aromatic rings. The SMILES string of the molecule is O=C(N[C@@H](Cc1ccc(F)c(F)c1)C(=O)NCc1ccc([As])nc1)c1cc2cc(F)ccc2[nH]1. The fourth-order valence-electron chi connectivity index (χ4n) is 3.41. The van der Waals surface area contributed by atoms with Crippen LogP contribution in [0.15, 0.2) is 60.8 Å². The van der Waals surface area contributed by atoms with E-state index in [0.717, 1.165) is 22.2 Å². The number of benzene rings is 2. The normalized spacial score (nSPS) is 11.9. The van der Waals surface area contributed by atoms with Crippen molar-refractivity contribution in [2.45, 2.75) is 19.0 Å². The van der Waals surface area contributed by atoms with Crippen LogP contribution >= 0.6 is 0 Å². The topological polar surface area (TPSA) is 86.9 Å². The molecule has 0 aliphatic heterocycles. The number of aromatic nitrogens is 2. The fraction of sp³-hybridized carbons (Fsp3) is 0.125. The van der Waals surface area contributed by atoms with Crippen molar-refractivity contribution in [3.05, 3.63) is 95.1 Å². The Morgan fingerprint density at radius 3 is 2.50 bits per heavy atom. The zero-order valence-corrected chi connectivity index (χ0v) is 19.5. The molecule has 3 N–H and O–H groups in total. The number of carbonyl (C=O) groups excluding carboxylic acids is 2. The molecule has 0 spiro atoms. The van der Waals surface area contributed by atoms with Gasteiger partial charge in [-0.2, -0.15) is 0 Å². The van der Waals surface area contributed by atoms with Crippen LogP contribution in [-0.2, 0) is 17.8 Å². The van der Waals surface area contributed by atoms with E-state index in [1.54, 1.807) is 18.3 Å². The van der Waals surface area contributed by atoms with Crippen molar-refractivity contribution in [1.29, 1.82) is 0 Å². The van der Waals surface area contributed by atoms with Crippen molar-refractivity contribution in [2.75, 3.05) is 0 Å². The summed E-state index contributed by atoms with van der Waals surface area (Å²) in [5.74, 6) is -3.63. The van der Waals surface area contributed by atoms with Crippen LogP contribution in [0.1, 0.15) is 21.6 Å². The van der Waals surface area contributed by atoms with Crippen LogP contribution in [0.5, 0.6) is 0 Å². The summed E-state index contributed by atoms with van der Waals surface area (Å²) in [6, 6.07) is 11.3. The minimum Gasteiger partial charge on any atom is -0.207 e. The molecule has 0 aliphatic carbocycles. The number of rotatable bonds is 7. The number of nitrogens with zero attached hydrogens (tertiary/aromatic N) is 1. The average molecular weight is 526 g/mol. The van der Waals surface area contributed by atoms with Crippen LogP contribution in [0.3, 0.4) is 0 Å². The maximum absolute atomic E-state index is 13.7. The Morgan fingerprint density at radius 1 is 0.971 bits per heavy atom. The number of carbonyl (C=O) groups is 2. The van der Waals surface area contributed by atoms with E-state index in [-0.39, 0.29) is 18.7 Å². The molecule has 0 fully saturated rings. The van der Waals surface area contributed by atoms with Gasteiger partial charge in [0.15, 0.2) is 5.82 Å². The van der Waals surface area contributed by atoms with E-state index in [9.17, 15) is 22.8 Å². The molecular formula is C24H18AsF3N4O2. The summed E-state index contributed by atoms with van der Waals surface area (Å²) in [6.45, 7) is 0.162. The van der Waals surface area contributed by atoms with Gasteiger partial charge in [-0.1, -0.05) is 0 Å². The molecule has 2 aromatic carbocycles. The molecule has 6 nitrogen and oxygen atoms in total. The van der Waals surface area contributed by atoms with Gasteiger partial charge in [-0.15, -0.1) is 0 Å². The first kappa shape index (κ1) is 23.6. The molecule has 2 aromatic heterocycles. The molecule has 172 valence electrons. The van der Waals surface area contributed by atoms with Gasteiger partial charge in [0.05, 0.1) is 0 Å². The van der Waals surface area contributed by atoms with Crippen molar-refractivity contribution < 1.29 is 22.8 Å². The van der Waals surface area contributed by atoms with Crippen molar-refractivity contribution in [1.82, 2.24) is 20.6 Å². The number of nitrogens with one attached hydrogen (secondary N) is 3. The molecule has 1 atom stereocenters. The molecule has 2 amide bonds. The van der Waals surface area contributed by atoms with Gasteiger partial charge in [-0.05, 0) is 18.2 Å². The molecule has 34 heavy (non-hydrogen) atoms. The minimum atomic E-state index is -1.09. The second-order valence-corrected chi connectivity index (χ2v) is 8.60. The average Bonchev–Trinajstić information content (AvgIpc) is 3.24. The molecule has 0 saturated carbocycles. The smallest absolute Gasteiger partial charge is 0.207 e. The third-order valence-electron chi connectivity index (χ3n) is 5.15. The predicted octanol–water partition coefficient (Wildman–Crippen LogP) is 2.43. The van der Waals surface area contributed by atoms with Gasteiger partial charge in [0.1, 0.15) is 5.82 Å². The van der Waals surface area contributed by atoms with Crippen molar-refractivity contribution in [2.24, 2.45) is 0 Å². The second-order valence-electron chi connectivity index (χ2n) is 7.64. The fourth-order valence-corrected chi connectivity index (χ4v) is 3.68. The molecule has 0 bridgehead atoms. The van der Waals surface area contributed by atoms with Gasteiger partial charge in [-0.25, -0.2) is 13.2 Å². The standard InChI is InChI=1S/C24H18AsF3N4O2/c25-22-6-2-14(11-29-22)12-30-23(33)20(8-13-1-4-17(27)18(28)7-13)32-24(34)21-10-15-9-16(26)3-5-19(15)31-21/h1-7,9-11,20,31H,8,12H2,(H,30,33)(H,32,34)/t20-/m0/s1. The number of hydrogen-bond acceptors (Lipinski definition) is 3. The van der Waals surface area contributed by atoms with Crippen LogP contribution in [0, 0.1) is 17.5 Å². The van der Waals surface area contributed by atoms with Crippen molar-refractivity contribution in [3.63, 3.8) is 0 Å². The molecule has 0 unspecified atom stereocenters. The Hall–Kier alpha value is -3.58. The Balaban J connectivity index is 1.53. The summed E-state index contributed by atoms with van der Waals surface area (Å²) in [5.41, 5.74) is 1.76. The van der Waals surface area contributed by atoms with Gasteiger partial charge in [0.2, 0.25) is 0 Å². The number of pyridine rings is 1. The quantitative estimate of drug-likeness (QED) is 0.324. The zero-order valence-electron chi connectivity index (χ0n) is 17.6. The summed E-state index contributed by atoms with van der Waals surface area (Å²) in [5, 5.41) is 5.85. The van der Waals surface area contributed by atoms with Gasteiger partial charge in [0.25, 0.3) is 0 Å². The zero-order chi connectivity index (χ0) is 24.2. The Bertz CT molecular complexity index is 1360. The number of amides is 2. The van der Waals surface area contributed by atoms with Crippen LogP contribution in [0.25, 0.3) is 10.9 Å². The van der Waals surface area contributed by atoms with Crippen LogP contribution in [0.2, 0.25) is 0 Å². The van der Waals surface area contributed by atoms with Gasteiger partial charge in [-0.3, -0.25) is 0 Å². The summed E-state index contributed by atoms with van der Waals surface area (Å²) >= 11 is 2.31. The van der Waals surface area contributed by atoms with E-state index in [2.05, 4.69) is 37.5 Å². The monoisotopic (exact) mass is 526 g/mol. The van der Waals surface area contributed by atoms with Crippen LogP contribution < -0.4 is 15.1 Å². The first-order valence-corrected chi connectivity index (χ1v) is 11.2. The van der Waals surface area contributed by atoms with E-state index in [0.29, 0.717) is 16.5 Å². The number of hydrogen-bond donors (Lipinski definition) is 3. The van der Waals surface area contributed by atoms with Gasteiger partial charge in [0, 0.05) is 10.9 Å². The molecule has 0 saturated heterocycles. The van der Waals surface area contributed by atoms with E-state index >= 15 is 0 Å². The van der Waals surface area contributed by atoms with E-state index in [1.165, 1.54) is 30.3 Å². The molecular weight excluding hydrogens is 508 g/mol. The first-order valence-electron chi connectivity index (χ1n) is 10.2. The summed E-state index contributed by atoms with van der Waals surface area (Å²) in [6.07, 6.45) is 1.54. The van der Waals surface area contributed by atoms with Crippen molar-refractivity contribution in [3.8, 4) is 0 Å². The van der Waals surface area contributed by atoms with E-state index in [4.69, 9.17) is 0 Å². The summed E-state index contributed by atoms with van der Waals surface area (Å²) in [7, 11) is 0. The van der Waals surface area contributed by atoms with E-state index in [1.807, 2.05) is 0 Å². The Kier molecular flexibility index (Phi) is 7.03. The second kappa shape index (κ2) is 10.1. The van der Waals surface area contributed by atoms with Crippen molar-refractivity contribution >= 4 is 44.1 Å². The molecule has 10 heteroatoms. The number of aromatic amines is 1. The summed E-state index contributed by atoms with van der Waals surface area (Å²) in [4.78, 5) is 32.8. The number of H-pyrrole nitrogens is 1.